The summed E-state index contributed by atoms with van der Waals surface area (Å²) in [4.78, 5) is 23.4. The fourth-order valence-electron chi connectivity index (χ4n) is 1.97. The van der Waals surface area contributed by atoms with Crippen molar-refractivity contribution in [3.8, 4) is 0 Å². The Morgan fingerprint density at radius 3 is 2.52 bits per heavy atom. The molecule has 0 aromatic heterocycles. The lowest BCUT2D eigenvalue weighted by molar-refractivity contribution is -0.116. The number of esters is 1. The van der Waals surface area contributed by atoms with E-state index >= 15 is 0 Å². The molecular weight excluding hydrogens is 270 g/mol. The Balaban J connectivity index is 2.87. The van der Waals surface area contributed by atoms with E-state index in [1.807, 2.05) is 0 Å². The van der Waals surface area contributed by atoms with Crippen molar-refractivity contribution in [1.29, 1.82) is 0 Å². The van der Waals surface area contributed by atoms with Crippen LogP contribution in [0.5, 0.6) is 0 Å². The number of ether oxygens (including phenoxy) is 1. The first-order valence-corrected chi connectivity index (χ1v) is 7.03. The zero-order chi connectivity index (χ0) is 15.7. The fourth-order valence-corrected chi connectivity index (χ4v) is 1.97. The monoisotopic (exact) mass is 293 g/mol. The van der Waals surface area contributed by atoms with E-state index in [1.165, 1.54) is 7.11 Å². The lowest BCUT2D eigenvalue weighted by atomic mass is 10.0. The second kappa shape index (κ2) is 9.10. The van der Waals surface area contributed by atoms with E-state index in [9.17, 15) is 9.59 Å². The molecule has 0 aliphatic rings. The number of hydrogen-bond acceptors (Lipinski definition) is 5. The van der Waals surface area contributed by atoms with Gasteiger partial charge in [-0.15, -0.1) is 0 Å². The highest BCUT2D eigenvalue weighted by atomic mass is 16.5. The van der Waals surface area contributed by atoms with Gasteiger partial charge in [0.2, 0.25) is 5.91 Å². The van der Waals surface area contributed by atoms with Gasteiger partial charge in [0, 0.05) is 12.1 Å². The predicted molar refractivity (Wildman–Crippen MR) is 82.1 cm³/mol. The summed E-state index contributed by atoms with van der Waals surface area (Å²) in [5, 5.41) is 2.80. The molecule has 5 N–H and O–H groups in total. The molecule has 0 bridgehead atoms. The number of benzene rings is 1. The van der Waals surface area contributed by atoms with Crippen LogP contribution >= 0.6 is 0 Å². The first-order valence-electron chi connectivity index (χ1n) is 7.03. The molecule has 1 aromatic rings. The molecule has 0 aliphatic heterocycles. The van der Waals surface area contributed by atoms with E-state index in [4.69, 9.17) is 16.2 Å². The summed E-state index contributed by atoms with van der Waals surface area (Å²) in [6.45, 7) is 1.02. The van der Waals surface area contributed by atoms with Crippen LogP contribution in [0.25, 0.3) is 0 Å². The molecule has 1 aromatic carbocycles. The number of nitrogens with one attached hydrogen (secondary N) is 1. The molecule has 1 rings (SSSR count). The molecule has 0 aliphatic carbocycles. The van der Waals surface area contributed by atoms with E-state index in [0.717, 1.165) is 12.0 Å². The third-order valence-corrected chi connectivity index (χ3v) is 3.05. The highest BCUT2D eigenvalue weighted by molar-refractivity contribution is 5.94. The third-order valence-electron chi connectivity index (χ3n) is 3.05. The zero-order valence-electron chi connectivity index (χ0n) is 12.4. The van der Waals surface area contributed by atoms with Crippen LogP contribution in [-0.2, 0) is 16.0 Å². The quantitative estimate of drug-likeness (QED) is 0.621. The summed E-state index contributed by atoms with van der Waals surface area (Å²) in [6, 6.07) is 5.15. The molecule has 6 nitrogen and oxygen atoms in total. The molecule has 0 atom stereocenters. The highest BCUT2D eigenvalue weighted by Crippen LogP contribution is 2.19. The second-order valence-corrected chi connectivity index (χ2v) is 4.70. The molecule has 0 spiro atoms. The van der Waals surface area contributed by atoms with Gasteiger partial charge in [0.15, 0.2) is 0 Å². The Kier molecular flexibility index (Phi) is 7.42. The summed E-state index contributed by atoms with van der Waals surface area (Å²) < 4.78 is 4.76. The van der Waals surface area contributed by atoms with Crippen molar-refractivity contribution in [2.24, 2.45) is 11.5 Å². The topological polar surface area (TPSA) is 107 Å². The molecule has 0 fully saturated rings. The molecule has 116 valence electrons. The average Bonchev–Trinajstić information content (AvgIpc) is 2.50. The summed E-state index contributed by atoms with van der Waals surface area (Å²) in [7, 11) is 1.34. The smallest absolute Gasteiger partial charge is 0.338 e. The molecular formula is C15H23N3O3. The van der Waals surface area contributed by atoms with Gasteiger partial charge in [-0.3, -0.25) is 4.79 Å². The van der Waals surface area contributed by atoms with Crippen LogP contribution in [0.2, 0.25) is 0 Å². The van der Waals surface area contributed by atoms with Gasteiger partial charge < -0.3 is 21.5 Å². The van der Waals surface area contributed by atoms with Crippen molar-refractivity contribution in [3.63, 3.8) is 0 Å². The molecule has 21 heavy (non-hydrogen) atoms. The number of amides is 1. The van der Waals surface area contributed by atoms with Crippen molar-refractivity contribution in [1.82, 2.24) is 0 Å². The Morgan fingerprint density at radius 1 is 1.19 bits per heavy atom. The molecule has 1 amide bonds. The molecule has 0 saturated carbocycles. The highest BCUT2D eigenvalue weighted by Gasteiger charge is 2.13. The van der Waals surface area contributed by atoms with Crippen LogP contribution in [0, 0.1) is 0 Å². The number of hydrogen-bond donors (Lipinski definition) is 3. The molecule has 0 saturated heterocycles. The van der Waals surface area contributed by atoms with Gasteiger partial charge in [0.05, 0.1) is 12.7 Å². The number of anilines is 1. The van der Waals surface area contributed by atoms with Crippen LogP contribution < -0.4 is 16.8 Å². The summed E-state index contributed by atoms with van der Waals surface area (Å²) in [5.74, 6) is -0.473. The molecule has 0 radical (unpaired) electrons. The first-order chi connectivity index (χ1) is 10.1. The van der Waals surface area contributed by atoms with Gasteiger partial charge in [-0.1, -0.05) is 0 Å². The number of aryl methyl sites for hydroxylation is 1. The number of carbonyl (C=O) groups is 2. The summed E-state index contributed by atoms with van der Waals surface area (Å²) >= 11 is 0. The van der Waals surface area contributed by atoms with Crippen LogP contribution in [-0.4, -0.2) is 32.1 Å². The SMILES string of the molecule is COC(=O)c1ccc(NC(=O)CCCN)cc1CCCN. The Hall–Kier alpha value is -1.92. The second-order valence-electron chi connectivity index (χ2n) is 4.70. The fraction of sp³-hybridized carbons (Fsp3) is 0.467. The van der Waals surface area contributed by atoms with Gasteiger partial charge in [0.25, 0.3) is 0 Å². The van der Waals surface area contributed by atoms with E-state index in [-0.39, 0.29) is 11.9 Å². The van der Waals surface area contributed by atoms with Crippen molar-refractivity contribution in [2.75, 3.05) is 25.5 Å². The Morgan fingerprint density at radius 2 is 1.90 bits per heavy atom. The average molecular weight is 293 g/mol. The van der Waals surface area contributed by atoms with Crippen molar-refractivity contribution in [3.05, 3.63) is 29.3 Å². The normalized spacial score (nSPS) is 10.2. The Bertz CT molecular complexity index is 489. The standard InChI is InChI=1S/C15H23N3O3/c1-21-15(20)13-7-6-12(10-11(13)4-2-8-16)18-14(19)5-3-9-17/h6-7,10H,2-5,8-9,16-17H2,1H3,(H,18,19). The van der Waals surface area contributed by atoms with Crippen molar-refractivity contribution in [2.45, 2.75) is 25.7 Å². The van der Waals surface area contributed by atoms with E-state index in [0.29, 0.717) is 43.6 Å². The maximum Gasteiger partial charge on any atom is 0.338 e. The molecule has 0 heterocycles. The number of methoxy groups -OCH3 is 1. The van der Waals surface area contributed by atoms with Crippen LogP contribution in [0.4, 0.5) is 5.69 Å². The van der Waals surface area contributed by atoms with Crippen molar-refractivity contribution >= 4 is 17.6 Å². The minimum absolute atomic E-state index is 0.0870. The summed E-state index contributed by atoms with van der Waals surface area (Å²) in [6.07, 6.45) is 2.45. The number of carbonyl (C=O) groups excluding carboxylic acids is 2. The third kappa shape index (κ3) is 5.53. The minimum Gasteiger partial charge on any atom is -0.465 e. The van der Waals surface area contributed by atoms with Gasteiger partial charge in [-0.05, 0) is 56.1 Å². The van der Waals surface area contributed by atoms with Crippen LogP contribution in [0.15, 0.2) is 18.2 Å². The largest absolute Gasteiger partial charge is 0.465 e. The maximum absolute atomic E-state index is 11.7. The zero-order valence-corrected chi connectivity index (χ0v) is 12.4. The van der Waals surface area contributed by atoms with Crippen LogP contribution in [0.3, 0.4) is 0 Å². The van der Waals surface area contributed by atoms with Gasteiger partial charge in [-0.2, -0.15) is 0 Å². The van der Waals surface area contributed by atoms with Crippen LogP contribution in [0.1, 0.15) is 35.2 Å². The van der Waals surface area contributed by atoms with Gasteiger partial charge in [-0.25, -0.2) is 4.79 Å². The Labute approximate surface area is 124 Å². The lowest BCUT2D eigenvalue weighted by Crippen LogP contribution is -2.14. The van der Waals surface area contributed by atoms with E-state index in [2.05, 4.69) is 5.32 Å². The molecule has 6 heteroatoms. The minimum atomic E-state index is -0.386. The van der Waals surface area contributed by atoms with Gasteiger partial charge >= 0.3 is 5.97 Å². The predicted octanol–water partition coefficient (Wildman–Crippen LogP) is 1.04. The van der Waals surface area contributed by atoms with Gasteiger partial charge in [0.1, 0.15) is 0 Å². The first kappa shape index (κ1) is 17.1. The lowest BCUT2D eigenvalue weighted by Gasteiger charge is -2.11. The maximum atomic E-state index is 11.7. The number of rotatable bonds is 8. The molecule has 0 unspecified atom stereocenters. The number of nitrogens with two attached hydrogens (primary N) is 2. The summed E-state index contributed by atoms with van der Waals surface area (Å²) in [5.41, 5.74) is 12.9. The van der Waals surface area contributed by atoms with E-state index in [1.54, 1.807) is 18.2 Å². The van der Waals surface area contributed by atoms with Crippen molar-refractivity contribution < 1.29 is 14.3 Å². The van der Waals surface area contributed by atoms with E-state index < -0.39 is 0 Å².